The van der Waals surface area contributed by atoms with Gasteiger partial charge in [-0.05, 0) is 44.0 Å². The van der Waals surface area contributed by atoms with Crippen molar-refractivity contribution >= 4 is 12.4 Å². The van der Waals surface area contributed by atoms with E-state index in [1.165, 1.54) is 0 Å². The zero-order chi connectivity index (χ0) is 12.1. The fraction of sp³-hybridized carbons (Fsp3) is 0.571. The van der Waals surface area contributed by atoms with Crippen LogP contribution in [0.3, 0.4) is 0 Å². The number of aromatic hydroxyl groups is 1. The Balaban J connectivity index is 0.00000256. The number of hydrogen-bond acceptors (Lipinski definition) is 2. The van der Waals surface area contributed by atoms with Gasteiger partial charge in [-0.25, -0.2) is 0 Å². The van der Waals surface area contributed by atoms with Crippen molar-refractivity contribution in [3.63, 3.8) is 0 Å². The maximum absolute atomic E-state index is 9.88. The molecule has 2 unspecified atom stereocenters. The summed E-state index contributed by atoms with van der Waals surface area (Å²) >= 11 is 0. The summed E-state index contributed by atoms with van der Waals surface area (Å²) in [6.07, 6.45) is 1.06. The van der Waals surface area contributed by atoms with Crippen molar-refractivity contribution in [2.24, 2.45) is 5.92 Å². The zero-order valence-corrected chi connectivity index (χ0v) is 12.0. The molecule has 0 aromatic heterocycles. The van der Waals surface area contributed by atoms with Crippen LogP contribution in [0.4, 0.5) is 0 Å². The second-order valence-electron chi connectivity index (χ2n) is 4.81. The lowest BCUT2D eigenvalue weighted by molar-refractivity contribution is 0.298. The summed E-state index contributed by atoms with van der Waals surface area (Å²) in [6, 6.07) is 7.69. The highest BCUT2D eigenvalue weighted by molar-refractivity contribution is 5.85. The molecule has 98 valence electrons. The Bertz CT molecular complexity index is 328. The van der Waals surface area contributed by atoms with E-state index in [1.54, 1.807) is 6.07 Å². The summed E-state index contributed by atoms with van der Waals surface area (Å²) in [4.78, 5) is 2.20. The maximum atomic E-state index is 9.88. The fourth-order valence-electron chi connectivity index (χ4n) is 2.43. The molecule has 1 aromatic rings. The summed E-state index contributed by atoms with van der Waals surface area (Å²) in [7, 11) is 4.18. The first kappa shape index (κ1) is 16.3. The topological polar surface area (TPSA) is 23.5 Å². The van der Waals surface area contributed by atoms with Gasteiger partial charge in [0.15, 0.2) is 0 Å². The maximum Gasteiger partial charge on any atom is 0.119 e. The SMILES string of the molecule is CCC(c1ccccc1O)C(C)CN(C)C.Cl. The highest BCUT2D eigenvalue weighted by Gasteiger charge is 2.20. The van der Waals surface area contributed by atoms with E-state index >= 15 is 0 Å². The summed E-state index contributed by atoms with van der Waals surface area (Å²) in [5.74, 6) is 1.41. The molecule has 0 aliphatic rings. The molecule has 3 heteroatoms. The molecule has 0 bridgehead atoms. The van der Waals surface area contributed by atoms with Crippen LogP contribution in [0, 0.1) is 5.92 Å². The van der Waals surface area contributed by atoms with Gasteiger partial charge >= 0.3 is 0 Å². The van der Waals surface area contributed by atoms with Crippen LogP contribution < -0.4 is 0 Å². The molecule has 0 heterocycles. The molecule has 0 aliphatic heterocycles. The van der Waals surface area contributed by atoms with E-state index < -0.39 is 0 Å². The molecule has 0 spiro atoms. The van der Waals surface area contributed by atoms with E-state index in [-0.39, 0.29) is 12.4 Å². The molecule has 0 saturated carbocycles. The van der Waals surface area contributed by atoms with Gasteiger partial charge in [0.1, 0.15) is 5.75 Å². The van der Waals surface area contributed by atoms with Crippen LogP contribution >= 0.6 is 12.4 Å². The van der Waals surface area contributed by atoms with Crippen molar-refractivity contribution in [1.29, 1.82) is 0 Å². The normalized spacial score (nSPS) is 14.2. The Kier molecular flexibility index (Phi) is 7.24. The van der Waals surface area contributed by atoms with Gasteiger partial charge < -0.3 is 10.0 Å². The van der Waals surface area contributed by atoms with Crippen LogP contribution in [-0.4, -0.2) is 30.6 Å². The Morgan fingerprint density at radius 1 is 1.24 bits per heavy atom. The van der Waals surface area contributed by atoms with Crippen molar-refractivity contribution in [3.8, 4) is 5.75 Å². The van der Waals surface area contributed by atoms with Gasteiger partial charge in [-0.3, -0.25) is 0 Å². The molecule has 1 rings (SSSR count). The summed E-state index contributed by atoms with van der Waals surface area (Å²) < 4.78 is 0. The smallest absolute Gasteiger partial charge is 0.119 e. The monoisotopic (exact) mass is 257 g/mol. The van der Waals surface area contributed by atoms with Crippen molar-refractivity contribution in [1.82, 2.24) is 4.90 Å². The molecule has 2 nitrogen and oxygen atoms in total. The standard InChI is InChI=1S/C14H23NO.ClH/c1-5-12(11(2)10-15(3)4)13-8-6-7-9-14(13)16;/h6-9,11-12,16H,5,10H2,1-4H3;1H. The minimum absolute atomic E-state index is 0. The van der Waals surface area contributed by atoms with Gasteiger partial charge in [-0.1, -0.05) is 32.0 Å². The van der Waals surface area contributed by atoms with E-state index in [0.29, 0.717) is 17.6 Å². The third kappa shape index (κ3) is 4.57. The van der Waals surface area contributed by atoms with E-state index in [4.69, 9.17) is 0 Å². The predicted octanol–water partition coefficient (Wildman–Crippen LogP) is 3.51. The van der Waals surface area contributed by atoms with Crippen LogP contribution in [0.1, 0.15) is 31.7 Å². The molecule has 0 saturated heterocycles. The lowest BCUT2D eigenvalue weighted by atomic mass is 9.84. The Morgan fingerprint density at radius 3 is 2.29 bits per heavy atom. The van der Waals surface area contributed by atoms with E-state index in [9.17, 15) is 5.11 Å². The highest BCUT2D eigenvalue weighted by atomic mass is 35.5. The average Bonchev–Trinajstić information content (AvgIpc) is 2.20. The fourth-order valence-corrected chi connectivity index (χ4v) is 2.43. The molecular weight excluding hydrogens is 234 g/mol. The second kappa shape index (κ2) is 7.57. The van der Waals surface area contributed by atoms with Gasteiger partial charge in [0.05, 0.1) is 0 Å². The summed E-state index contributed by atoms with van der Waals surface area (Å²) in [6.45, 7) is 5.48. The Labute approximate surface area is 111 Å². The van der Waals surface area contributed by atoms with Crippen molar-refractivity contribution in [3.05, 3.63) is 29.8 Å². The largest absolute Gasteiger partial charge is 0.508 e. The summed E-state index contributed by atoms with van der Waals surface area (Å²) in [5, 5.41) is 9.88. The highest BCUT2D eigenvalue weighted by Crippen LogP contribution is 2.33. The molecule has 17 heavy (non-hydrogen) atoms. The van der Waals surface area contributed by atoms with E-state index in [1.807, 2.05) is 18.2 Å². The zero-order valence-electron chi connectivity index (χ0n) is 11.2. The third-order valence-corrected chi connectivity index (χ3v) is 3.12. The number of nitrogens with zero attached hydrogens (tertiary/aromatic N) is 1. The molecule has 2 atom stereocenters. The van der Waals surface area contributed by atoms with E-state index in [2.05, 4.69) is 32.8 Å². The quantitative estimate of drug-likeness (QED) is 0.873. The number of benzene rings is 1. The number of halogens is 1. The third-order valence-electron chi connectivity index (χ3n) is 3.12. The van der Waals surface area contributed by atoms with Gasteiger partial charge in [0.2, 0.25) is 0 Å². The molecule has 1 aromatic carbocycles. The Hall–Kier alpha value is -0.730. The lowest BCUT2D eigenvalue weighted by Gasteiger charge is -2.26. The van der Waals surface area contributed by atoms with Crippen molar-refractivity contribution in [2.45, 2.75) is 26.2 Å². The van der Waals surface area contributed by atoms with Crippen molar-refractivity contribution < 1.29 is 5.11 Å². The number of para-hydroxylation sites is 1. The molecule has 0 aliphatic carbocycles. The van der Waals surface area contributed by atoms with E-state index in [0.717, 1.165) is 18.5 Å². The number of rotatable bonds is 5. The molecule has 0 amide bonds. The van der Waals surface area contributed by atoms with Gasteiger partial charge in [-0.2, -0.15) is 0 Å². The molecular formula is C14H24ClNO. The number of phenolic OH excluding ortho intramolecular Hbond substituents is 1. The summed E-state index contributed by atoms with van der Waals surface area (Å²) in [5.41, 5.74) is 1.08. The molecule has 0 radical (unpaired) electrons. The van der Waals surface area contributed by atoms with Crippen LogP contribution in [-0.2, 0) is 0 Å². The first-order chi connectivity index (χ1) is 7.56. The molecule has 1 N–H and O–H groups in total. The second-order valence-corrected chi connectivity index (χ2v) is 4.81. The minimum atomic E-state index is 0. The lowest BCUT2D eigenvalue weighted by Crippen LogP contribution is -2.24. The van der Waals surface area contributed by atoms with Crippen molar-refractivity contribution in [2.75, 3.05) is 20.6 Å². The molecule has 0 fully saturated rings. The first-order valence-corrected chi connectivity index (χ1v) is 5.98. The predicted molar refractivity (Wildman–Crippen MR) is 76.1 cm³/mol. The van der Waals surface area contributed by atoms with Crippen LogP contribution in [0.2, 0.25) is 0 Å². The number of phenols is 1. The number of hydrogen-bond donors (Lipinski definition) is 1. The van der Waals surface area contributed by atoms with Crippen LogP contribution in [0.25, 0.3) is 0 Å². The first-order valence-electron chi connectivity index (χ1n) is 5.98. The Morgan fingerprint density at radius 2 is 1.82 bits per heavy atom. The van der Waals surface area contributed by atoms with Gasteiger partial charge in [0.25, 0.3) is 0 Å². The van der Waals surface area contributed by atoms with Gasteiger partial charge in [0, 0.05) is 6.54 Å². The average molecular weight is 258 g/mol. The minimum Gasteiger partial charge on any atom is -0.508 e. The van der Waals surface area contributed by atoms with Gasteiger partial charge in [-0.15, -0.1) is 12.4 Å². The van der Waals surface area contributed by atoms with Crippen LogP contribution in [0.15, 0.2) is 24.3 Å². The van der Waals surface area contributed by atoms with Crippen LogP contribution in [0.5, 0.6) is 5.75 Å².